The van der Waals surface area contributed by atoms with Gasteiger partial charge in [-0.2, -0.15) is 0 Å². The third kappa shape index (κ3) is 66.5. The number of hydrogen-bond donors (Lipinski definition) is 0. The van der Waals surface area contributed by atoms with Gasteiger partial charge in [0.2, 0.25) is 0 Å². The van der Waals surface area contributed by atoms with Crippen molar-refractivity contribution < 1.29 is 42.1 Å². The molecule has 0 aromatic carbocycles. The molecule has 0 aromatic heterocycles. The molecule has 0 saturated carbocycles. The molecule has 10 heteroatoms. The van der Waals surface area contributed by atoms with Crippen molar-refractivity contribution in [1.29, 1.82) is 0 Å². The Kier molecular flexibility index (Phi) is 59.4. The Bertz CT molecular complexity index is 2020. The first-order valence-electron chi connectivity index (χ1n) is 32.8. The fraction of sp³-hybridized carbons (Fsp3) is 0.595. The molecule has 0 aliphatic rings. The van der Waals surface area contributed by atoms with E-state index >= 15 is 0 Å². The van der Waals surface area contributed by atoms with Crippen molar-refractivity contribution in [2.45, 2.75) is 238 Å². The molecule has 0 fully saturated rings. The quantitative estimate of drug-likeness (QED) is 0.0195. The summed E-state index contributed by atoms with van der Waals surface area (Å²) in [4.78, 5) is 38.0. The summed E-state index contributed by atoms with van der Waals surface area (Å²) in [6.07, 6.45) is 95.6. The molecule has 0 aromatic rings. The largest absolute Gasteiger partial charge is 0.756 e. The molecule has 2 unspecified atom stereocenters. The normalized spacial score (nSPS) is 14.3. The zero-order chi connectivity index (χ0) is 61.2. The average molecular weight is 1180 g/mol. The van der Waals surface area contributed by atoms with E-state index in [1.165, 1.54) is 38.5 Å². The van der Waals surface area contributed by atoms with E-state index < -0.39 is 32.5 Å². The molecule has 84 heavy (non-hydrogen) atoms. The highest BCUT2D eigenvalue weighted by Crippen LogP contribution is 2.38. The van der Waals surface area contributed by atoms with Crippen molar-refractivity contribution in [1.82, 2.24) is 0 Å². The lowest BCUT2D eigenvalue weighted by Crippen LogP contribution is -2.37. The van der Waals surface area contributed by atoms with Crippen molar-refractivity contribution in [3.63, 3.8) is 0 Å². The van der Waals surface area contributed by atoms with E-state index in [0.717, 1.165) is 154 Å². The molecular formula is C74H120NO8P. The summed E-state index contributed by atoms with van der Waals surface area (Å²) < 4.78 is 34.2. The van der Waals surface area contributed by atoms with Gasteiger partial charge in [0.05, 0.1) is 27.7 Å². The molecule has 0 aliphatic heterocycles. The summed E-state index contributed by atoms with van der Waals surface area (Å²) in [7, 11) is 1.13. The number of carbonyl (C=O) groups excluding carboxylic acids is 2. The van der Waals surface area contributed by atoms with Crippen LogP contribution in [0.25, 0.3) is 0 Å². The molecule has 0 aliphatic carbocycles. The highest BCUT2D eigenvalue weighted by Gasteiger charge is 2.22. The lowest BCUT2D eigenvalue weighted by Gasteiger charge is -2.28. The van der Waals surface area contributed by atoms with E-state index in [1.54, 1.807) is 0 Å². The van der Waals surface area contributed by atoms with Gasteiger partial charge in [0.25, 0.3) is 7.82 Å². The van der Waals surface area contributed by atoms with Gasteiger partial charge in [-0.1, -0.05) is 261 Å². The second-order valence-corrected chi connectivity index (χ2v) is 23.8. The standard InChI is InChI=1S/C74H120NO8P/c1-6-8-10-12-14-16-18-20-22-24-26-27-28-29-30-31-32-33-34-35-36-37-38-39-40-41-42-43-44-45-46-47-49-51-53-55-57-59-61-63-65-67-74(77)83-72(71-82-84(78,79)81-69-68-75(3,4)5)70-80-73(76)66-64-62-60-58-56-54-52-50-48-25-23-21-19-17-15-13-11-9-7-2/h8-11,14-17,20-23,26-27,29-30,32-33,35-36,38-39,41-42,44-45,48,50,72H,6-7,12-13,18-19,24-25,28,31,34,37,40,43,46-47,49,51-71H2,1-5H3/b10-8-,11-9-,16-14-,17-15-,22-20-,23-21-,27-26-,30-29-,33-32-,36-35-,39-38-,42-41-,45-44-,50-48-. The number of hydrogen-bond acceptors (Lipinski definition) is 8. The third-order valence-electron chi connectivity index (χ3n) is 13.2. The fourth-order valence-electron chi connectivity index (χ4n) is 8.26. The number of quaternary nitrogens is 1. The van der Waals surface area contributed by atoms with Crippen LogP contribution in [0, 0.1) is 0 Å². The molecule has 0 radical (unpaired) electrons. The van der Waals surface area contributed by atoms with Crippen LogP contribution in [0.1, 0.15) is 232 Å². The smallest absolute Gasteiger partial charge is 0.306 e. The molecule has 474 valence electrons. The minimum atomic E-state index is -4.65. The number of unbranched alkanes of at least 4 members (excludes halogenated alkanes) is 16. The highest BCUT2D eigenvalue weighted by molar-refractivity contribution is 7.45. The monoisotopic (exact) mass is 1180 g/mol. The van der Waals surface area contributed by atoms with E-state index in [-0.39, 0.29) is 26.1 Å². The van der Waals surface area contributed by atoms with Crippen molar-refractivity contribution in [3.8, 4) is 0 Å². The molecule has 0 N–H and O–H groups in total. The minimum Gasteiger partial charge on any atom is -0.756 e. The molecule has 0 heterocycles. The second kappa shape index (κ2) is 62.9. The summed E-state index contributed by atoms with van der Waals surface area (Å²) >= 11 is 0. The van der Waals surface area contributed by atoms with Gasteiger partial charge in [-0.25, -0.2) is 0 Å². The number of phosphoric ester groups is 1. The van der Waals surface area contributed by atoms with Crippen LogP contribution in [-0.4, -0.2) is 70.0 Å². The van der Waals surface area contributed by atoms with E-state index in [1.807, 2.05) is 21.1 Å². The van der Waals surface area contributed by atoms with Crippen LogP contribution in [0.2, 0.25) is 0 Å². The predicted octanol–water partition coefficient (Wildman–Crippen LogP) is 20.7. The van der Waals surface area contributed by atoms with Crippen LogP contribution in [0.15, 0.2) is 170 Å². The summed E-state index contributed by atoms with van der Waals surface area (Å²) in [5, 5.41) is 0. The molecule has 0 bridgehead atoms. The lowest BCUT2D eigenvalue weighted by atomic mass is 10.0. The molecule has 0 amide bonds. The van der Waals surface area contributed by atoms with Crippen molar-refractivity contribution in [3.05, 3.63) is 170 Å². The Labute approximate surface area is 515 Å². The summed E-state index contributed by atoms with van der Waals surface area (Å²) in [6, 6.07) is 0. The molecule has 9 nitrogen and oxygen atoms in total. The summed E-state index contributed by atoms with van der Waals surface area (Å²) in [6.45, 7) is 3.97. The number of carbonyl (C=O) groups is 2. The molecular weight excluding hydrogens is 1060 g/mol. The maximum Gasteiger partial charge on any atom is 0.306 e. The zero-order valence-corrected chi connectivity index (χ0v) is 54.7. The van der Waals surface area contributed by atoms with Crippen LogP contribution in [-0.2, 0) is 32.7 Å². The minimum absolute atomic E-state index is 0.0429. The number of ether oxygens (including phenoxy) is 2. The van der Waals surface area contributed by atoms with Crippen LogP contribution in [0.5, 0.6) is 0 Å². The Morgan fingerprint density at radius 1 is 0.369 bits per heavy atom. The van der Waals surface area contributed by atoms with Gasteiger partial charge in [-0.05, 0) is 128 Å². The average Bonchev–Trinajstić information content (AvgIpc) is 3.61. The first kappa shape index (κ1) is 79.4. The van der Waals surface area contributed by atoms with E-state index in [2.05, 4.69) is 184 Å². The highest BCUT2D eigenvalue weighted by atomic mass is 31.2. The topological polar surface area (TPSA) is 111 Å². The Morgan fingerprint density at radius 3 is 0.952 bits per heavy atom. The number of nitrogens with zero attached hydrogens (tertiary/aromatic N) is 1. The Morgan fingerprint density at radius 2 is 0.643 bits per heavy atom. The Hall–Kier alpha value is -4.63. The fourth-order valence-corrected chi connectivity index (χ4v) is 8.99. The molecule has 2 atom stereocenters. The van der Waals surface area contributed by atoms with Crippen molar-refractivity contribution >= 4 is 19.8 Å². The van der Waals surface area contributed by atoms with E-state index in [9.17, 15) is 19.0 Å². The van der Waals surface area contributed by atoms with Gasteiger partial charge < -0.3 is 27.9 Å². The number of likely N-dealkylation sites (N-methyl/N-ethyl adjacent to an activating group) is 1. The van der Waals surface area contributed by atoms with Crippen molar-refractivity contribution in [2.75, 3.05) is 47.5 Å². The number of phosphoric acid groups is 1. The van der Waals surface area contributed by atoms with Crippen LogP contribution in [0.4, 0.5) is 0 Å². The third-order valence-corrected chi connectivity index (χ3v) is 14.2. The SMILES string of the molecule is CC/C=C\C/C=C\C/C=C\C/C=C\C/C=C\C/C=C\C/C=C\C/C=C\C/C=C\C/C=C\CCCCCCCCCCCCC(=O)OC(COC(=O)CCCCCCCC/C=C\C/C=C\C/C=C\C/C=C\CC)COP(=O)([O-])OCC[N+](C)(C)C. The first-order valence-corrected chi connectivity index (χ1v) is 34.3. The van der Waals surface area contributed by atoms with Gasteiger partial charge in [0.1, 0.15) is 19.8 Å². The number of rotatable bonds is 58. The van der Waals surface area contributed by atoms with Gasteiger partial charge in [-0.15, -0.1) is 0 Å². The molecule has 0 rings (SSSR count). The predicted molar refractivity (Wildman–Crippen MR) is 360 cm³/mol. The summed E-state index contributed by atoms with van der Waals surface area (Å²) in [5.74, 6) is -0.865. The van der Waals surface area contributed by atoms with Gasteiger partial charge in [0.15, 0.2) is 6.10 Å². The van der Waals surface area contributed by atoms with E-state index in [4.69, 9.17) is 18.5 Å². The van der Waals surface area contributed by atoms with Crippen molar-refractivity contribution in [2.24, 2.45) is 0 Å². The maximum atomic E-state index is 12.8. The van der Waals surface area contributed by atoms with Crippen LogP contribution < -0.4 is 4.89 Å². The van der Waals surface area contributed by atoms with Crippen LogP contribution >= 0.6 is 7.82 Å². The van der Waals surface area contributed by atoms with Gasteiger partial charge >= 0.3 is 11.9 Å². The number of allylic oxidation sites excluding steroid dienone is 28. The van der Waals surface area contributed by atoms with Gasteiger partial charge in [-0.3, -0.25) is 14.2 Å². The molecule has 0 spiro atoms. The van der Waals surface area contributed by atoms with Gasteiger partial charge in [0, 0.05) is 12.8 Å². The number of esters is 2. The first-order chi connectivity index (χ1) is 41.0. The van der Waals surface area contributed by atoms with Crippen LogP contribution in [0.3, 0.4) is 0 Å². The zero-order valence-electron chi connectivity index (χ0n) is 53.8. The summed E-state index contributed by atoms with van der Waals surface area (Å²) in [5.41, 5.74) is 0. The second-order valence-electron chi connectivity index (χ2n) is 22.4. The maximum absolute atomic E-state index is 12.8. The molecule has 0 saturated heterocycles. The Balaban J connectivity index is 4.12. The van der Waals surface area contributed by atoms with E-state index in [0.29, 0.717) is 23.9 Å². The lowest BCUT2D eigenvalue weighted by molar-refractivity contribution is -0.870.